The van der Waals surface area contributed by atoms with Crippen LogP contribution in [0.3, 0.4) is 0 Å². The fraction of sp³-hybridized carbons (Fsp3) is 0. The van der Waals surface area contributed by atoms with Gasteiger partial charge in [0.1, 0.15) is 0 Å². The summed E-state index contributed by atoms with van der Waals surface area (Å²) in [6, 6.07) is 81.8. The lowest BCUT2D eigenvalue weighted by Gasteiger charge is -2.12. The number of fused-ring (bicyclic) bond motifs is 2. The van der Waals surface area contributed by atoms with Gasteiger partial charge in [-0.1, -0.05) is 194 Å². The van der Waals surface area contributed by atoms with Crippen molar-refractivity contribution in [2.45, 2.75) is 0 Å². The highest BCUT2D eigenvalue weighted by atomic mass is 32.1. The van der Waals surface area contributed by atoms with Gasteiger partial charge in [-0.05, 0) is 74.8 Å². The van der Waals surface area contributed by atoms with E-state index in [2.05, 4.69) is 206 Å². The fourth-order valence-electron chi connectivity index (χ4n) is 9.17. The van der Waals surface area contributed by atoms with Crippen LogP contribution >= 0.6 is 22.7 Å². The minimum atomic E-state index is 0.466. The van der Waals surface area contributed by atoms with Crippen LogP contribution in [0.1, 0.15) is 11.1 Å². The van der Waals surface area contributed by atoms with E-state index in [1.165, 1.54) is 10.1 Å². The molecule has 0 amide bonds. The van der Waals surface area contributed by atoms with Gasteiger partial charge in [-0.25, -0.2) is 15.0 Å². The quantitative estimate of drug-likeness (QED) is 0.144. The molecule has 5 nitrogen and oxygen atoms in total. The summed E-state index contributed by atoms with van der Waals surface area (Å²) in [4.78, 5) is 17.5. The minimum Gasteiger partial charge on any atom is -0.208 e. The Morgan fingerprint density at radius 2 is 0.586 bits per heavy atom. The first-order valence-electron chi connectivity index (χ1n) is 22.8. The molecule has 0 saturated carbocycles. The smallest absolute Gasteiger partial charge is 0.164 e. The molecule has 3 heterocycles. The SMILES string of the molecule is N#Cc1cc(C#N)cc(-c2cc3c(-c4ccccc4)c4sc(-c5ccc(-c6nc(-c7ccc(-c8ccccc8)cc7)nc(-c7ccc(-c8ccccc8)cc7)n6)cc5)cc4c(-c4ccccc4)c3s2)c1. The molecule has 0 aliphatic carbocycles. The van der Waals surface area contributed by atoms with Crippen LogP contribution in [0.25, 0.3) is 120 Å². The Morgan fingerprint density at radius 3 is 0.943 bits per heavy atom. The van der Waals surface area contributed by atoms with E-state index >= 15 is 0 Å². The molecule has 9 aromatic carbocycles. The summed E-state index contributed by atoms with van der Waals surface area (Å²) >= 11 is 3.49. The van der Waals surface area contributed by atoms with Crippen molar-refractivity contribution in [1.29, 1.82) is 10.5 Å². The maximum Gasteiger partial charge on any atom is 0.164 e. The molecule has 0 aliphatic heterocycles. The van der Waals surface area contributed by atoms with Crippen LogP contribution in [0.2, 0.25) is 0 Å². The maximum atomic E-state index is 9.87. The van der Waals surface area contributed by atoms with Crippen LogP contribution in [0.15, 0.2) is 224 Å². The molecule has 0 spiro atoms. The predicted octanol–water partition coefficient (Wildman–Crippen LogP) is 17.0. The average Bonchev–Trinajstić information content (AvgIpc) is 4.09. The van der Waals surface area contributed by atoms with E-state index in [-0.39, 0.29) is 0 Å². The second kappa shape index (κ2) is 18.2. The van der Waals surface area contributed by atoms with Crippen molar-refractivity contribution in [2.75, 3.05) is 0 Å². The minimum absolute atomic E-state index is 0.466. The van der Waals surface area contributed by atoms with Gasteiger partial charge in [-0.3, -0.25) is 0 Å². The van der Waals surface area contributed by atoms with Crippen molar-refractivity contribution < 1.29 is 0 Å². The standard InChI is InChI=1S/C63H37N5S2/c64-38-40-33-41(39-65)35-52(34-40)56-37-54-58(48-19-11-4-12-20-48)59-53(57(60(54)70-56)47-17-9-3-10-18-47)36-55(69-59)46-25-31-51(32-26-46)63-67-61(49-27-21-44(22-28-49)42-13-5-1-6-14-42)66-62(68-63)50-29-23-45(24-30-50)43-15-7-2-8-16-43/h1-37H. The lowest BCUT2D eigenvalue weighted by molar-refractivity contribution is 1.07. The van der Waals surface area contributed by atoms with E-state index in [9.17, 15) is 10.5 Å². The lowest BCUT2D eigenvalue weighted by atomic mass is 9.93. The molecule has 12 aromatic rings. The van der Waals surface area contributed by atoms with Gasteiger partial charge >= 0.3 is 0 Å². The first-order chi connectivity index (χ1) is 34.6. The van der Waals surface area contributed by atoms with E-state index in [4.69, 9.17) is 15.0 Å². The van der Waals surface area contributed by atoms with Crippen molar-refractivity contribution in [3.8, 4) is 112 Å². The van der Waals surface area contributed by atoms with Crippen molar-refractivity contribution in [2.24, 2.45) is 0 Å². The zero-order chi connectivity index (χ0) is 47.0. The number of thiophene rings is 2. The normalized spacial score (nSPS) is 11.1. The number of rotatable bonds is 9. The number of nitrogens with zero attached hydrogens (tertiary/aromatic N) is 5. The first-order valence-corrected chi connectivity index (χ1v) is 24.5. The average molecular weight is 928 g/mol. The Labute approximate surface area is 413 Å². The number of hydrogen-bond donors (Lipinski definition) is 0. The van der Waals surface area contributed by atoms with Crippen LogP contribution in [0, 0.1) is 22.7 Å². The van der Waals surface area contributed by atoms with Crippen LogP contribution in [-0.4, -0.2) is 15.0 Å². The largest absolute Gasteiger partial charge is 0.208 e. The lowest BCUT2D eigenvalue weighted by Crippen LogP contribution is -2.00. The van der Waals surface area contributed by atoms with Crippen molar-refractivity contribution in [3.05, 3.63) is 236 Å². The summed E-state index contributed by atoms with van der Waals surface area (Å²) in [6.07, 6.45) is 0. The molecule has 70 heavy (non-hydrogen) atoms. The van der Waals surface area contributed by atoms with Crippen LogP contribution in [0.5, 0.6) is 0 Å². The summed E-state index contributed by atoms with van der Waals surface area (Å²) in [6.45, 7) is 0. The summed E-state index contributed by atoms with van der Waals surface area (Å²) in [5.41, 5.74) is 14.7. The zero-order valence-electron chi connectivity index (χ0n) is 37.4. The highest BCUT2D eigenvalue weighted by Crippen LogP contribution is 2.52. The number of benzene rings is 9. The summed E-state index contributed by atoms with van der Waals surface area (Å²) in [5.74, 6) is 1.81. The third-order valence-electron chi connectivity index (χ3n) is 12.6. The Kier molecular flexibility index (Phi) is 11.0. The summed E-state index contributed by atoms with van der Waals surface area (Å²) in [7, 11) is 0. The zero-order valence-corrected chi connectivity index (χ0v) is 39.0. The van der Waals surface area contributed by atoms with Gasteiger partial charge in [0.15, 0.2) is 17.5 Å². The molecule has 0 N–H and O–H groups in total. The molecule has 0 unspecified atom stereocenters. The molecule has 7 heteroatoms. The molecular formula is C63H37N5S2. The number of nitriles is 2. The third-order valence-corrected chi connectivity index (χ3v) is 15.0. The maximum absolute atomic E-state index is 9.87. The second-order valence-corrected chi connectivity index (χ2v) is 19.1. The molecule has 0 fully saturated rings. The van der Waals surface area contributed by atoms with Crippen molar-refractivity contribution >= 4 is 42.8 Å². The monoisotopic (exact) mass is 927 g/mol. The number of aromatic nitrogens is 3. The molecule has 3 aromatic heterocycles. The summed E-state index contributed by atoms with van der Waals surface area (Å²) < 4.78 is 2.34. The van der Waals surface area contributed by atoms with Gasteiger partial charge in [0.05, 0.1) is 23.3 Å². The molecule has 0 atom stereocenters. The molecule has 0 saturated heterocycles. The van der Waals surface area contributed by atoms with E-state index in [0.29, 0.717) is 28.6 Å². The van der Waals surface area contributed by atoms with Crippen molar-refractivity contribution in [3.63, 3.8) is 0 Å². The molecule has 0 aliphatic rings. The highest BCUT2D eigenvalue weighted by molar-refractivity contribution is 7.25. The second-order valence-electron chi connectivity index (χ2n) is 17.0. The Bertz CT molecular complexity index is 3740. The van der Waals surface area contributed by atoms with Crippen molar-refractivity contribution in [1.82, 2.24) is 15.0 Å². The number of hydrogen-bond acceptors (Lipinski definition) is 7. The van der Waals surface area contributed by atoms with Crippen LogP contribution < -0.4 is 0 Å². The van der Waals surface area contributed by atoms with Crippen LogP contribution in [0.4, 0.5) is 0 Å². The van der Waals surface area contributed by atoms with Gasteiger partial charge in [0.25, 0.3) is 0 Å². The van der Waals surface area contributed by atoms with Gasteiger partial charge in [-0.2, -0.15) is 10.5 Å². The van der Waals surface area contributed by atoms with Gasteiger partial charge in [0.2, 0.25) is 0 Å². The highest BCUT2D eigenvalue weighted by Gasteiger charge is 2.23. The molecule has 326 valence electrons. The molecular weight excluding hydrogens is 891 g/mol. The first kappa shape index (κ1) is 42.3. The van der Waals surface area contributed by atoms with Gasteiger partial charge in [-0.15, -0.1) is 22.7 Å². The molecule has 0 radical (unpaired) electrons. The van der Waals surface area contributed by atoms with E-state index in [0.717, 1.165) is 92.2 Å². The predicted molar refractivity (Wildman–Crippen MR) is 289 cm³/mol. The van der Waals surface area contributed by atoms with E-state index < -0.39 is 0 Å². The topological polar surface area (TPSA) is 86.2 Å². The summed E-state index contributed by atoms with van der Waals surface area (Å²) in [5, 5.41) is 22.0. The van der Waals surface area contributed by atoms with E-state index in [1.807, 2.05) is 24.3 Å². The fourth-order valence-corrected chi connectivity index (χ4v) is 11.7. The third kappa shape index (κ3) is 8.02. The Balaban J connectivity index is 0.980. The molecule has 0 bridgehead atoms. The molecule has 12 rings (SSSR count). The van der Waals surface area contributed by atoms with E-state index in [1.54, 1.807) is 28.7 Å². The van der Waals surface area contributed by atoms with Gasteiger partial charge in [0, 0.05) is 57.7 Å². The van der Waals surface area contributed by atoms with Crippen LogP contribution in [-0.2, 0) is 0 Å². The van der Waals surface area contributed by atoms with Gasteiger partial charge < -0.3 is 0 Å². The Morgan fingerprint density at radius 1 is 0.286 bits per heavy atom. The Hall–Kier alpha value is -9.11.